The van der Waals surface area contributed by atoms with Crippen molar-refractivity contribution in [1.82, 2.24) is 4.90 Å². The molecule has 1 fully saturated rings. The van der Waals surface area contributed by atoms with Crippen LogP contribution in [-0.2, 0) is 9.53 Å². The molecular weight excluding hydrogens is 394 g/mol. The maximum atomic E-state index is 12.7. The number of halogens is 1. The predicted octanol–water partition coefficient (Wildman–Crippen LogP) is 3.65. The number of thiophene rings is 1. The summed E-state index contributed by atoms with van der Waals surface area (Å²) >= 11 is 4.66. The van der Waals surface area contributed by atoms with Crippen molar-refractivity contribution in [3.05, 3.63) is 58.3 Å². The number of alkyl halides is 1. The number of amides is 2. The summed E-state index contributed by atoms with van der Waals surface area (Å²) in [6.07, 6.45) is -2.23. The first-order chi connectivity index (χ1) is 11.5. The molecule has 2 unspecified atom stereocenters. The van der Waals surface area contributed by atoms with E-state index in [0.717, 1.165) is 10.5 Å². The van der Waals surface area contributed by atoms with Crippen LogP contribution in [0.1, 0.15) is 30.3 Å². The second-order valence-electron chi connectivity index (χ2n) is 5.57. The Hall–Kier alpha value is -1.70. The molecule has 1 aromatic heterocycles. The van der Waals surface area contributed by atoms with Crippen LogP contribution in [-0.4, -0.2) is 32.9 Å². The zero-order valence-electron chi connectivity index (χ0n) is 12.8. The van der Waals surface area contributed by atoms with Gasteiger partial charge < -0.3 is 9.84 Å². The van der Waals surface area contributed by atoms with Crippen molar-refractivity contribution in [3.8, 4) is 0 Å². The molecule has 5 nitrogen and oxygen atoms in total. The van der Waals surface area contributed by atoms with E-state index in [4.69, 9.17) is 4.74 Å². The molecule has 0 spiro atoms. The van der Waals surface area contributed by atoms with E-state index in [2.05, 4.69) is 15.9 Å². The van der Waals surface area contributed by atoms with Crippen molar-refractivity contribution in [2.45, 2.75) is 30.0 Å². The fourth-order valence-corrected chi connectivity index (χ4v) is 3.94. The Bertz CT molecular complexity index is 721. The molecule has 1 N–H and O–H groups in total. The van der Waals surface area contributed by atoms with E-state index in [1.807, 2.05) is 35.7 Å². The Morgan fingerprint density at radius 1 is 1.33 bits per heavy atom. The maximum Gasteiger partial charge on any atom is 0.417 e. The number of nitrogens with zero attached hydrogens (tertiary/aromatic N) is 1. The number of aliphatic hydroxyl groups is 1. The lowest BCUT2D eigenvalue weighted by Crippen LogP contribution is -2.43. The predicted molar refractivity (Wildman–Crippen MR) is 94.0 cm³/mol. The number of hydrogen-bond donors (Lipinski definition) is 1. The largest absolute Gasteiger partial charge is 0.439 e. The van der Waals surface area contributed by atoms with Gasteiger partial charge in [0.1, 0.15) is 17.0 Å². The molecule has 2 aromatic rings. The van der Waals surface area contributed by atoms with Crippen LogP contribution in [0.25, 0.3) is 0 Å². The average Bonchev–Trinajstić information content (AvgIpc) is 3.22. The minimum absolute atomic E-state index is 0.456. The van der Waals surface area contributed by atoms with E-state index in [-0.39, 0.29) is 0 Å². The molecule has 1 aliphatic heterocycles. The molecule has 0 aliphatic carbocycles. The van der Waals surface area contributed by atoms with Crippen LogP contribution in [0.4, 0.5) is 4.79 Å². The number of ether oxygens (including phenoxy) is 1. The zero-order valence-corrected chi connectivity index (χ0v) is 15.2. The molecule has 0 saturated carbocycles. The lowest BCUT2D eigenvalue weighted by Gasteiger charge is -2.23. The summed E-state index contributed by atoms with van der Waals surface area (Å²) in [5, 5.41) is 13.9. The lowest BCUT2D eigenvalue weighted by molar-refractivity contribution is -0.130. The summed E-state index contributed by atoms with van der Waals surface area (Å²) in [7, 11) is 0. The molecule has 2 amide bonds. The number of rotatable bonds is 4. The highest BCUT2D eigenvalue weighted by atomic mass is 79.9. The van der Waals surface area contributed by atoms with Crippen LogP contribution in [0.5, 0.6) is 0 Å². The first-order valence-electron chi connectivity index (χ1n) is 7.43. The molecule has 0 radical (unpaired) electrons. The summed E-state index contributed by atoms with van der Waals surface area (Å²) in [5.74, 6) is -0.510. The molecule has 0 bridgehead atoms. The summed E-state index contributed by atoms with van der Waals surface area (Å²) < 4.78 is 5.38. The van der Waals surface area contributed by atoms with Crippen LogP contribution in [0.3, 0.4) is 0 Å². The van der Waals surface area contributed by atoms with Gasteiger partial charge in [-0.3, -0.25) is 4.79 Å². The minimum Gasteiger partial charge on any atom is -0.439 e. The van der Waals surface area contributed by atoms with Crippen LogP contribution in [0, 0.1) is 0 Å². The van der Waals surface area contributed by atoms with E-state index in [0.29, 0.717) is 5.56 Å². The third-order valence-electron chi connectivity index (χ3n) is 4.03. The summed E-state index contributed by atoms with van der Waals surface area (Å²) in [5.41, 5.74) is 1.47. The van der Waals surface area contributed by atoms with Gasteiger partial charge in [-0.15, -0.1) is 0 Å². The summed E-state index contributed by atoms with van der Waals surface area (Å²) in [6, 6.07) is 10.6. The van der Waals surface area contributed by atoms with Crippen molar-refractivity contribution in [2.24, 2.45) is 0 Å². The Morgan fingerprint density at radius 2 is 2.04 bits per heavy atom. The van der Waals surface area contributed by atoms with Gasteiger partial charge in [0.2, 0.25) is 5.91 Å². The third-order valence-corrected chi connectivity index (χ3v) is 5.63. The number of carbonyl (C=O) groups is 2. The van der Waals surface area contributed by atoms with E-state index in [1.54, 1.807) is 18.4 Å². The molecule has 2 heterocycles. The normalized spacial score (nSPS) is 23.0. The number of carbonyl (C=O) groups excluding carboxylic acids is 2. The van der Waals surface area contributed by atoms with E-state index >= 15 is 0 Å². The number of hydrogen-bond acceptors (Lipinski definition) is 5. The van der Waals surface area contributed by atoms with Crippen molar-refractivity contribution < 1.29 is 19.4 Å². The molecule has 1 saturated heterocycles. The van der Waals surface area contributed by atoms with E-state index in [9.17, 15) is 14.7 Å². The van der Waals surface area contributed by atoms with Crippen LogP contribution >= 0.6 is 27.3 Å². The van der Waals surface area contributed by atoms with Crippen LogP contribution < -0.4 is 0 Å². The number of aliphatic hydroxyl groups excluding tert-OH is 1. The van der Waals surface area contributed by atoms with Gasteiger partial charge in [0.25, 0.3) is 0 Å². The first kappa shape index (κ1) is 17.1. The molecule has 4 atom stereocenters. The molecule has 1 aliphatic rings. The van der Waals surface area contributed by atoms with Gasteiger partial charge in [0.15, 0.2) is 0 Å². The average molecular weight is 410 g/mol. The van der Waals surface area contributed by atoms with Crippen molar-refractivity contribution >= 4 is 39.3 Å². The molecule has 24 heavy (non-hydrogen) atoms. The Labute approximate surface area is 152 Å². The lowest BCUT2D eigenvalue weighted by atomic mass is 10.0. The topological polar surface area (TPSA) is 66.8 Å². The van der Waals surface area contributed by atoms with Gasteiger partial charge >= 0.3 is 6.09 Å². The quantitative estimate of drug-likeness (QED) is 0.782. The van der Waals surface area contributed by atoms with E-state index < -0.39 is 35.1 Å². The fourth-order valence-electron chi connectivity index (χ4n) is 2.73. The second kappa shape index (κ2) is 7.04. The highest BCUT2D eigenvalue weighted by Gasteiger charge is 2.46. The number of benzene rings is 1. The summed E-state index contributed by atoms with van der Waals surface area (Å²) in [6.45, 7) is 1.76. The molecular formula is C17H16BrNO4S. The second-order valence-corrected chi connectivity index (χ2v) is 7.33. The Morgan fingerprint density at radius 3 is 2.67 bits per heavy atom. The van der Waals surface area contributed by atoms with E-state index in [1.165, 1.54) is 11.3 Å². The maximum absolute atomic E-state index is 12.7. The molecule has 7 heteroatoms. The van der Waals surface area contributed by atoms with Crippen LogP contribution in [0.2, 0.25) is 0 Å². The van der Waals surface area contributed by atoms with Gasteiger partial charge in [-0.2, -0.15) is 11.3 Å². The monoisotopic (exact) mass is 409 g/mol. The Kier molecular flexibility index (Phi) is 5.03. The summed E-state index contributed by atoms with van der Waals surface area (Å²) in [4.78, 5) is 25.1. The number of cyclic esters (lactones) is 1. The zero-order chi connectivity index (χ0) is 17.3. The van der Waals surface area contributed by atoms with Gasteiger partial charge in [0, 0.05) is 0 Å². The van der Waals surface area contributed by atoms with Crippen molar-refractivity contribution in [2.75, 3.05) is 0 Å². The van der Waals surface area contributed by atoms with Gasteiger partial charge in [-0.1, -0.05) is 46.3 Å². The van der Waals surface area contributed by atoms with Gasteiger partial charge in [0.05, 0.1) is 6.04 Å². The third kappa shape index (κ3) is 3.11. The van der Waals surface area contributed by atoms with Crippen molar-refractivity contribution in [1.29, 1.82) is 0 Å². The fraction of sp³-hybridized carbons (Fsp3) is 0.294. The van der Waals surface area contributed by atoms with Crippen LogP contribution in [0.15, 0.2) is 47.2 Å². The smallest absolute Gasteiger partial charge is 0.417 e. The number of imide groups is 1. The Balaban J connectivity index is 1.78. The minimum atomic E-state index is -1.03. The highest BCUT2D eigenvalue weighted by Crippen LogP contribution is 2.35. The van der Waals surface area contributed by atoms with Gasteiger partial charge in [-0.25, -0.2) is 9.69 Å². The van der Waals surface area contributed by atoms with Gasteiger partial charge in [-0.05, 0) is 34.9 Å². The first-order valence-corrected chi connectivity index (χ1v) is 9.29. The standard InChI is InChI=1S/C17H16BrNO4S/c1-10-15(11-5-3-2-4-6-11)23-17(22)19(10)16(21)13(18)14(20)12-7-8-24-9-12/h2-10,13-15,20H,1H3/t10-,13?,14?,15-/m0/s1. The molecule has 126 valence electrons. The molecule has 3 rings (SSSR count). The van der Waals surface area contributed by atoms with Crippen molar-refractivity contribution in [3.63, 3.8) is 0 Å². The highest BCUT2D eigenvalue weighted by molar-refractivity contribution is 9.10. The molecule has 1 aromatic carbocycles. The SMILES string of the molecule is C[C@H]1[C@@H](c2ccccc2)OC(=O)N1C(=O)C(Br)C(O)c1ccsc1.